The van der Waals surface area contributed by atoms with Crippen LogP contribution in [0.15, 0.2) is 16.6 Å². The minimum Gasteiger partial charge on any atom is -0.377 e. The van der Waals surface area contributed by atoms with Crippen molar-refractivity contribution >= 4 is 21.6 Å². The van der Waals surface area contributed by atoms with Crippen LogP contribution in [-0.4, -0.2) is 14.1 Å². The summed E-state index contributed by atoms with van der Waals surface area (Å²) in [7, 11) is 4.13. The number of hydrogen-bond acceptors (Lipinski definition) is 1. The quantitative estimate of drug-likeness (QED) is 0.713. The highest BCUT2D eigenvalue weighted by Crippen LogP contribution is 2.25. The predicted octanol–water partition coefficient (Wildman–Crippen LogP) is 3.13. The van der Waals surface area contributed by atoms with E-state index in [1.807, 2.05) is 0 Å². The molecule has 1 aromatic rings. The molecule has 0 radical (unpaired) electrons. The Balaban J connectivity index is 3.23. The van der Waals surface area contributed by atoms with Gasteiger partial charge in [0.05, 0.1) is 0 Å². The van der Waals surface area contributed by atoms with E-state index < -0.39 is 0 Å². The van der Waals surface area contributed by atoms with Crippen LogP contribution in [0.25, 0.3) is 0 Å². The molecule has 0 fully saturated rings. The second kappa shape index (κ2) is 3.48. The minimum atomic E-state index is 1.19. The van der Waals surface area contributed by atoms with Gasteiger partial charge in [-0.1, -0.05) is 15.9 Å². The van der Waals surface area contributed by atoms with Gasteiger partial charge in [0.15, 0.2) is 0 Å². The second-order valence-corrected chi connectivity index (χ2v) is 4.14. The maximum atomic E-state index is 3.51. The van der Waals surface area contributed by atoms with Gasteiger partial charge < -0.3 is 4.90 Å². The van der Waals surface area contributed by atoms with E-state index in [1.165, 1.54) is 21.3 Å². The van der Waals surface area contributed by atoms with Crippen LogP contribution >= 0.6 is 15.9 Å². The van der Waals surface area contributed by atoms with E-state index in [1.54, 1.807) is 0 Å². The molecule has 0 aromatic heterocycles. The van der Waals surface area contributed by atoms with Gasteiger partial charge in [0.1, 0.15) is 0 Å². The Bertz CT molecular complexity index is 292. The zero-order chi connectivity index (χ0) is 9.30. The van der Waals surface area contributed by atoms with Crippen molar-refractivity contribution in [2.75, 3.05) is 19.0 Å². The van der Waals surface area contributed by atoms with E-state index in [9.17, 15) is 0 Å². The third-order valence-electron chi connectivity index (χ3n) is 1.96. The third kappa shape index (κ3) is 1.81. The molecule has 0 bridgehead atoms. The van der Waals surface area contributed by atoms with Crippen molar-refractivity contribution < 1.29 is 0 Å². The molecule has 1 nitrogen and oxygen atoms in total. The van der Waals surface area contributed by atoms with Crippen molar-refractivity contribution in [1.29, 1.82) is 0 Å². The normalized spacial score (nSPS) is 10.1. The fraction of sp³-hybridized carbons (Fsp3) is 0.400. The fourth-order valence-corrected chi connectivity index (χ4v) is 1.71. The Labute approximate surface area is 82.5 Å². The molecule has 0 saturated heterocycles. The number of aryl methyl sites for hydroxylation is 2. The molecule has 12 heavy (non-hydrogen) atoms. The Morgan fingerprint density at radius 2 is 1.67 bits per heavy atom. The predicted molar refractivity (Wildman–Crippen MR) is 57.9 cm³/mol. The Kier molecular flexibility index (Phi) is 2.78. The summed E-state index contributed by atoms with van der Waals surface area (Å²) >= 11 is 3.51. The van der Waals surface area contributed by atoms with Gasteiger partial charge in [-0.25, -0.2) is 0 Å². The molecular weight excluding hydrogens is 214 g/mol. The monoisotopic (exact) mass is 227 g/mol. The van der Waals surface area contributed by atoms with Crippen molar-refractivity contribution in [3.05, 3.63) is 27.7 Å². The molecule has 0 amide bonds. The van der Waals surface area contributed by atoms with Gasteiger partial charge in [-0.2, -0.15) is 0 Å². The van der Waals surface area contributed by atoms with Crippen molar-refractivity contribution in [2.45, 2.75) is 13.8 Å². The summed E-state index contributed by atoms with van der Waals surface area (Å²) in [6.45, 7) is 4.23. The molecule has 0 spiro atoms. The first-order valence-corrected chi connectivity index (χ1v) is 4.75. The van der Waals surface area contributed by atoms with Crippen LogP contribution in [0, 0.1) is 13.8 Å². The second-order valence-electron chi connectivity index (χ2n) is 3.28. The van der Waals surface area contributed by atoms with E-state index in [2.05, 4.69) is 60.9 Å². The largest absolute Gasteiger partial charge is 0.377 e. The molecule has 1 aromatic carbocycles. The molecule has 0 saturated carbocycles. The first-order chi connectivity index (χ1) is 5.52. The molecule has 0 N–H and O–H groups in total. The van der Waals surface area contributed by atoms with E-state index in [-0.39, 0.29) is 0 Å². The Morgan fingerprint density at radius 1 is 1.08 bits per heavy atom. The number of halogens is 1. The summed E-state index contributed by atoms with van der Waals surface area (Å²) in [5, 5.41) is 0. The summed E-state index contributed by atoms with van der Waals surface area (Å²) in [5.41, 5.74) is 3.87. The number of hydrogen-bond donors (Lipinski definition) is 0. The minimum absolute atomic E-state index is 1.19. The topological polar surface area (TPSA) is 3.24 Å². The lowest BCUT2D eigenvalue weighted by Gasteiger charge is -2.16. The van der Waals surface area contributed by atoms with E-state index in [0.717, 1.165) is 0 Å². The van der Waals surface area contributed by atoms with Gasteiger partial charge in [-0.15, -0.1) is 0 Å². The van der Waals surface area contributed by atoms with E-state index in [0.29, 0.717) is 0 Å². The molecule has 2 heteroatoms. The van der Waals surface area contributed by atoms with Crippen molar-refractivity contribution in [2.24, 2.45) is 0 Å². The van der Waals surface area contributed by atoms with E-state index in [4.69, 9.17) is 0 Å². The average Bonchev–Trinajstić information content (AvgIpc) is 1.96. The first kappa shape index (κ1) is 9.59. The van der Waals surface area contributed by atoms with Crippen molar-refractivity contribution in [1.82, 2.24) is 0 Å². The molecule has 0 aliphatic carbocycles. The lowest BCUT2D eigenvalue weighted by Crippen LogP contribution is -2.10. The molecule has 0 unspecified atom stereocenters. The van der Waals surface area contributed by atoms with Crippen LogP contribution < -0.4 is 4.90 Å². The van der Waals surface area contributed by atoms with Crippen molar-refractivity contribution in [3.63, 3.8) is 0 Å². The maximum absolute atomic E-state index is 3.51. The van der Waals surface area contributed by atoms with Crippen LogP contribution in [0.1, 0.15) is 11.1 Å². The molecule has 0 aliphatic heterocycles. The van der Waals surface area contributed by atoms with Crippen LogP contribution in [0.5, 0.6) is 0 Å². The number of anilines is 1. The highest BCUT2D eigenvalue weighted by atomic mass is 79.9. The summed E-state index contributed by atoms with van der Waals surface area (Å²) in [4.78, 5) is 2.13. The lowest BCUT2D eigenvalue weighted by molar-refractivity contribution is 1.11. The fourth-order valence-electron chi connectivity index (χ4n) is 1.25. The smallest absolute Gasteiger partial charge is 0.0394 e. The average molecular weight is 228 g/mol. The number of benzene rings is 1. The van der Waals surface area contributed by atoms with Crippen LogP contribution in [0.4, 0.5) is 5.69 Å². The van der Waals surface area contributed by atoms with Crippen LogP contribution in [-0.2, 0) is 0 Å². The van der Waals surface area contributed by atoms with E-state index >= 15 is 0 Å². The third-order valence-corrected chi connectivity index (χ3v) is 2.81. The van der Waals surface area contributed by atoms with Crippen molar-refractivity contribution in [3.8, 4) is 0 Å². The lowest BCUT2D eigenvalue weighted by atomic mass is 10.1. The molecule has 0 atom stereocenters. The SMILES string of the molecule is Cc1cc(N(C)C)c(C)cc1Br. The first-order valence-electron chi connectivity index (χ1n) is 3.96. The van der Waals surface area contributed by atoms with Gasteiger partial charge in [0.25, 0.3) is 0 Å². The standard InChI is InChI=1S/C10H14BrN/c1-7-6-10(12(3)4)8(2)5-9(7)11/h5-6H,1-4H3. The Hall–Kier alpha value is -0.500. The maximum Gasteiger partial charge on any atom is 0.0394 e. The summed E-state index contributed by atoms with van der Waals surface area (Å²) < 4.78 is 1.19. The zero-order valence-electron chi connectivity index (χ0n) is 7.98. The highest BCUT2D eigenvalue weighted by Gasteiger charge is 2.03. The number of nitrogens with zero attached hydrogens (tertiary/aromatic N) is 1. The van der Waals surface area contributed by atoms with Gasteiger partial charge in [0.2, 0.25) is 0 Å². The molecule has 66 valence electrons. The van der Waals surface area contributed by atoms with Crippen LogP contribution in [0.3, 0.4) is 0 Å². The van der Waals surface area contributed by atoms with Gasteiger partial charge in [-0.3, -0.25) is 0 Å². The molecular formula is C10H14BrN. The van der Waals surface area contributed by atoms with Gasteiger partial charge in [-0.05, 0) is 37.1 Å². The Morgan fingerprint density at radius 3 is 2.17 bits per heavy atom. The van der Waals surface area contributed by atoms with Gasteiger partial charge in [0, 0.05) is 24.3 Å². The highest BCUT2D eigenvalue weighted by molar-refractivity contribution is 9.10. The van der Waals surface area contributed by atoms with Crippen LogP contribution in [0.2, 0.25) is 0 Å². The molecule has 0 heterocycles. The summed E-state index contributed by atoms with van der Waals surface area (Å²) in [5.74, 6) is 0. The summed E-state index contributed by atoms with van der Waals surface area (Å²) in [6, 6.07) is 4.35. The van der Waals surface area contributed by atoms with Gasteiger partial charge >= 0.3 is 0 Å². The molecule has 1 rings (SSSR count). The summed E-state index contributed by atoms with van der Waals surface area (Å²) in [6.07, 6.45) is 0. The number of rotatable bonds is 1. The molecule has 0 aliphatic rings. The zero-order valence-corrected chi connectivity index (χ0v) is 9.57.